The fourth-order valence-corrected chi connectivity index (χ4v) is 3.02. The third-order valence-corrected chi connectivity index (χ3v) is 4.10. The Balaban J connectivity index is 2.47. The average molecular weight is 306 g/mol. The molecule has 120 valence electrons. The number of likely N-dealkylation sites (tertiary alicyclic amines) is 1. The highest BCUT2D eigenvalue weighted by molar-refractivity contribution is 5.81. The molecule has 0 spiro atoms. The number of piperidine rings is 1. The van der Waals surface area contributed by atoms with Crippen LogP contribution in [0.4, 0.5) is 0 Å². The van der Waals surface area contributed by atoms with E-state index in [-0.39, 0.29) is 18.7 Å². The van der Waals surface area contributed by atoms with Crippen molar-refractivity contribution in [1.29, 1.82) is 0 Å². The molecule has 1 amide bonds. The third-order valence-electron chi connectivity index (χ3n) is 4.10. The van der Waals surface area contributed by atoms with Crippen molar-refractivity contribution in [1.82, 2.24) is 4.90 Å². The predicted molar refractivity (Wildman–Crippen MR) is 77.4 cm³/mol. The Kier molecular flexibility index (Phi) is 4.90. The molecular weight excluding hydrogens is 286 g/mol. The van der Waals surface area contributed by atoms with Crippen molar-refractivity contribution in [3.8, 4) is 11.5 Å². The van der Waals surface area contributed by atoms with Crippen molar-refractivity contribution in [2.75, 3.05) is 20.8 Å². The molecule has 1 aromatic carbocycles. The van der Waals surface area contributed by atoms with Gasteiger partial charge in [-0.25, -0.2) is 0 Å². The zero-order valence-electron chi connectivity index (χ0n) is 13.0. The Labute approximate surface area is 129 Å². The average Bonchev–Trinajstić information content (AvgIpc) is 2.53. The van der Waals surface area contributed by atoms with Gasteiger partial charge < -0.3 is 24.3 Å². The number of hydrogen-bond acceptors (Lipinski definition) is 5. The summed E-state index contributed by atoms with van der Waals surface area (Å²) < 4.78 is 10.5. The van der Waals surface area contributed by atoms with E-state index in [4.69, 9.17) is 9.47 Å². The molecule has 2 rings (SSSR count). The van der Waals surface area contributed by atoms with Crippen molar-refractivity contribution in [3.63, 3.8) is 0 Å². The van der Waals surface area contributed by atoms with Gasteiger partial charge in [-0.15, -0.1) is 0 Å². The Morgan fingerprint density at radius 2 is 2.00 bits per heavy atom. The molecular formula is C16H20NO5-. The molecule has 1 saturated heterocycles. The molecule has 2 atom stereocenters. The number of hydrogen-bond donors (Lipinski definition) is 0. The molecule has 0 saturated carbocycles. The van der Waals surface area contributed by atoms with Crippen molar-refractivity contribution in [3.05, 3.63) is 23.8 Å². The molecule has 6 nitrogen and oxygen atoms in total. The second-order valence-corrected chi connectivity index (χ2v) is 5.20. The molecule has 0 aromatic heterocycles. The molecule has 22 heavy (non-hydrogen) atoms. The van der Waals surface area contributed by atoms with Crippen LogP contribution in [0, 0.1) is 5.92 Å². The number of carboxylic acids is 1. The largest absolute Gasteiger partial charge is 0.550 e. The number of carbonyl (C=O) groups is 2. The number of rotatable bonds is 5. The molecule has 0 bridgehead atoms. The summed E-state index contributed by atoms with van der Waals surface area (Å²) in [4.78, 5) is 25.2. The first-order valence-corrected chi connectivity index (χ1v) is 7.25. The van der Waals surface area contributed by atoms with Crippen LogP contribution in [-0.2, 0) is 9.59 Å². The van der Waals surface area contributed by atoms with Gasteiger partial charge in [0.1, 0.15) is 0 Å². The molecule has 0 unspecified atom stereocenters. The molecule has 1 aliphatic heterocycles. The van der Waals surface area contributed by atoms with E-state index >= 15 is 0 Å². The van der Waals surface area contributed by atoms with E-state index in [0.29, 0.717) is 23.6 Å². The minimum absolute atomic E-state index is 0.0419. The van der Waals surface area contributed by atoms with E-state index in [9.17, 15) is 14.7 Å². The van der Waals surface area contributed by atoms with Crippen LogP contribution in [0.3, 0.4) is 0 Å². The van der Waals surface area contributed by atoms with E-state index in [0.717, 1.165) is 0 Å². The zero-order chi connectivity index (χ0) is 16.3. The second kappa shape index (κ2) is 6.68. The Bertz CT molecular complexity index is 570. The van der Waals surface area contributed by atoms with Gasteiger partial charge in [-0.3, -0.25) is 4.79 Å². The monoisotopic (exact) mass is 306 g/mol. The smallest absolute Gasteiger partial charge is 0.223 e. The molecule has 1 aliphatic rings. The van der Waals surface area contributed by atoms with Gasteiger partial charge >= 0.3 is 0 Å². The van der Waals surface area contributed by atoms with Gasteiger partial charge in [0.15, 0.2) is 11.5 Å². The molecule has 0 aliphatic carbocycles. The Hall–Kier alpha value is -2.24. The summed E-state index contributed by atoms with van der Waals surface area (Å²) in [6, 6.07) is 4.66. The first-order chi connectivity index (χ1) is 10.5. The fraction of sp³-hybridized carbons (Fsp3) is 0.500. The topological polar surface area (TPSA) is 78.9 Å². The maximum Gasteiger partial charge on any atom is 0.223 e. The van der Waals surface area contributed by atoms with Crippen LogP contribution in [0.2, 0.25) is 0 Å². The molecule has 1 aromatic rings. The highest BCUT2D eigenvalue weighted by Gasteiger charge is 2.37. The summed E-state index contributed by atoms with van der Waals surface area (Å²) in [7, 11) is 3.05. The fourth-order valence-electron chi connectivity index (χ4n) is 3.02. The van der Waals surface area contributed by atoms with E-state index in [1.165, 1.54) is 14.2 Å². The van der Waals surface area contributed by atoms with E-state index < -0.39 is 17.9 Å². The number of carbonyl (C=O) groups excluding carboxylic acids is 2. The summed E-state index contributed by atoms with van der Waals surface area (Å²) in [6.07, 6.45) is 0.521. The first-order valence-electron chi connectivity index (χ1n) is 7.25. The van der Waals surface area contributed by atoms with Gasteiger partial charge in [-0.2, -0.15) is 0 Å². The van der Waals surface area contributed by atoms with Gasteiger partial charge in [0.25, 0.3) is 0 Å². The van der Waals surface area contributed by atoms with E-state index in [1.807, 2.05) is 6.92 Å². The SMILES string of the molecule is CCN1C(=O)CC[C@@H](C(=O)[O-])[C@@H]1c1ccc(OC)c(OC)c1. The van der Waals surface area contributed by atoms with Gasteiger partial charge in [0.2, 0.25) is 5.91 Å². The highest BCUT2D eigenvalue weighted by Crippen LogP contribution is 2.39. The lowest BCUT2D eigenvalue weighted by atomic mass is 9.84. The van der Waals surface area contributed by atoms with Crippen LogP contribution in [0.5, 0.6) is 11.5 Å². The summed E-state index contributed by atoms with van der Waals surface area (Å²) in [5.41, 5.74) is 0.710. The number of methoxy groups -OCH3 is 2. The summed E-state index contributed by atoms with van der Waals surface area (Å²) in [5.74, 6) is -0.839. The quantitative estimate of drug-likeness (QED) is 0.802. The zero-order valence-corrected chi connectivity index (χ0v) is 13.0. The molecule has 1 fully saturated rings. The Morgan fingerprint density at radius 3 is 2.55 bits per heavy atom. The van der Waals surface area contributed by atoms with Gasteiger partial charge in [-0.1, -0.05) is 6.07 Å². The number of aliphatic carboxylic acids is 1. The standard InChI is InChI=1S/C16H21NO5/c1-4-17-14(18)8-6-11(16(19)20)15(17)10-5-7-12(21-2)13(9-10)22-3/h5,7,9,11,15H,4,6,8H2,1-3H3,(H,19,20)/p-1/t11-,15+/m1/s1. The summed E-state index contributed by atoms with van der Waals surface area (Å²) in [5, 5.41) is 11.5. The number of carboxylic acid groups (broad SMARTS) is 1. The lowest BCUT2D eigenvalue weighted by Gasteiger charge is -2.41. The summed E-state index contributed by atoms with van der Waals surface area (Å²) in [6.45, 7) is 2.28. The normalized spacial score (nSPS) is 21.6. The predicted octanol–water partition coefficient (Wildman–Crippen LogP) is 0.753. The maximum absolute atomic E-state index is 12.1. The second-order valence-electron chi connectivity index (χ2n) is 5.20. The number of amides is 1. The lowest BCUT2D eigenvalue weighted by Crippen LogP contribution is -2.48. The van der Waals surface area contributed by atoms with Crippen LogP contribution in [-0.4, -0.2) is 37.5 Å². The van der Waals surface area contributed by atoms with Gasteiger partial charge in [0, 0.05) is 24.9 Å². The third kappa shape index (κ3) is 2.86. The number of nitrogens with zero attached hydrogens (tertiary/aromatic N) is 1. The van der Waals surface area contributed by atoms with Gasteiger partial charge in [-0.05, 0) is 31.0 Å². The molecule has 0 N–H and O–H groups in total. The Morgan fingerprint density at radius 1 is 1.32 bits per heavy atom. The van der Waals surface area contributed by atoms with Gasteiger partial charge in [0.05, 0.1) is 20.3 Å². The minimum atomic E-state index is -1.13. The molecule has 1 heterocycles. The first kappa shape index (κ1) is 16.1. The van der Waals surface area contributed by atoms with Crippen molar-refractivity contribution in [2.45, 2.75) is 25.8 Å². The van der Waals surface area contributed by atoms with Crippen molar-refractivity contribution < 1.29 is 24.2 Å². The minimum Gasteiger partial charge on any atom is -0.550 e. The highest BCUT2D eigenvalue weighted by atomic mass is 16.5. The number of benzene rings is 1. The molecule has 0 radical (unpaired) electrons. The van der Waals surface area contributed by atoms with Crippen LogP contribution >= 0.6 is 0 Å². The van der Waals surface area contributed by atoms with E-state index in [1.54, 1.807) is 23.1 Å². The van der Waals surface area contributed by atoms with Crippen LogP contribution < -0.4 is 14.6 Å². The number of ether oxygens (including phenoxy) is 2. The van der Waals surface area contributed by atoms with E-state index in [2.05, 4.69) is 0 Å². The molecule has 6 heteroatoms. The van der Waals surface area contributed by atoms with Crippen LogP contribution in [0.25, 0.3) is 0 Å². The summed E-state index contributed by atoms with van der Waals surface area (Å²) >= 11 is 0. The van der Waals surface area contributed by atoms with Crippen LogP contribution in [0.1, 0.15) is 31.4 Å². The van der Waals surface area contributed by atoms with Crippen molar-refractivity contribution in [2.24, 2.45) is 5.92 Å². The lowest BCUT2D eigenvalue weighted by molar-refractivity contribution is -0.314. The maximum atomic E-state index is 12.1. The van der Waals surface area contributed by atoms with Crippen molar-refractivity contribution >= 4 is 11.9 Å². The van der Waals surface area contributed by atoms with Crippen LogP contribution in [0.15, 0.2) is 18.2 Å².